The Balaban J connectivity index is 1.46. The van der Waals surface area contributed by atoms with Gasteiger partial charge in [0.25, 0.3) is 0 Å². The molecule has 4 rings (SSSR count). The van der Waals surface area contributed by atoms with Gasteiger partial charge in [-0.3, -0.25) is 9.59 Å². The minimum atomic E-state index is -0.0853. The van der Waals surface area contributed by atoms with Crippen molar-refractivity contribution in [2.75, 3.05) is 6.54 Å². The lowest BCUT2D eigenvalue weighted by atomic mass is 9.85. The quantitative estimate of drug-likeness (QED) is 0.766. The molecule has 4 nitrogen and oxygen atoms in total. The number of halogens is 1. The highest BCUT2D eigenvalue weighted by molar-refractivity contribution is 7.17. The van der Waals surface area contributed by atoms with E-state index in [4.69, 9.17) is 16.3 Å². The molecule has 1 N–H and O–H groups in total. The number of hydrogen-bond acceptors (Lipinski definition) is 4. The molecule has 1 saturated carbocycles. The first-order valence-corrected chi connectivity index (χ1v) is 10.1. The zero-order valence-corrected chi connectivity index (χ0v) is 16.1. The number of ketones is 1. The number of fused-ring (bicyclic) bond motifs is 1. The maximum atomic E-state index is 12.0. The molecule has 2 aliphatic rings. The average molecular weight is 390 g/mol. The molecule has 1 unspecified atom stereocenters. The molecular weight excluding hydrogens is 370 g/mol. The van der Waals surface area contributed by atoms with E-state index in [2.05, 4.69) is 11.4 Å². The fraction of sp³-hybridized carbons (Fsp3) is 0.400. The van der Waals surface area contributed by atoms with Gasteiger partial charge in [0.1, 0.15) is 11.9 Å². The summed E-state index contributed by atoms with van der Waals surface area (Å²) in [6.45, 7) is 2.07. The van der Waals surface area contributed by atoms with Gasteiger partial charge in [-0.25, -0.2) is 0 Å². The van der Waals surface area contributed by atoms with Crippen LogP contribution in [-0.4, -0.2) is 24.3 Å². The van der Waals surface area contributed by atoms with Crippen LogP contribution in [0.4, 0.5) is 0 Å². The second kappa shape index (κ2) is 7.05. The molecule has 0 spiro atoms. The molecule has 1 aromatic carbocycles. The van der Waals surface area contributed by atoms with Gasteiger partial charge in [0, 0.05) is 22.8 Å². The first kappa shape index (κ1) is 17.6. The van der Waals surface area contributed by atoms with Crippen LogP contribution in [0.25, 0.3) is 10.4 Å². The van der Waals surface area contributed by atoms with E-state index >= 15 is 0 Å². The van der Waals surface area contributed by atoms with E-state index < -0.39 is 0 Å². The largest absolute Gasteiger partial charge is 0.486 e. The van der Waals surface area contributed by atoms with Crippen LogP contribution in [0.15, 0.2) is 24.3 Å². The molecule has 6 heteroatoms. The number of carbonyl (C=O) groups is 2. The summed E-state index contributed by atoms with van der Waals surface area (Å²) in [4.78, 5) is 25.3. The SMILES string of the molecule is CC(=O)c1ccc(-c2cc(Cl)c3c(c2)CC(CNC(=O)C2CCC2)O3)s1. The Morgan fingerprint density at radius 3 is 2.77 bits per heavy atom. The van der Waals surface area contributed by atoms with Crippen molar-refractivity contribution in [3.05, 3.63) is 39.7 Å². The molecule has 1 amide bonds. The first-order chi connectivity index (χ1) is 12.5. The van der Waals surface area contributed by atoms with E-state index in [1.54, 1.807) is 6.92 Å². The molecule has 2 aromatic rings. The zero-order chi connectivity index (χ0) is 18.3. The van der Waals surface area contributed by atoms with Gasteiger partial charge in [0.2, 0.25) is 5.91 Å². The number of thiophene rings is 1. The predicted octanol–water partition coefficient (Wildman–Crippen LogP) is 4.49. The first-order valence-electron chi connectivity index (χ1n) is 8.89. The lowest BCUT2D eigenvalue weighted by Crippen LogP contribution is -2.40. The Morgan fingerprint density at radius 2 is 2.12 bits per heavy atom. The van der Waals surface area contributed by atoms with E-state index in [9.17, 15) is 9.59 Å². The number of nitrogens with one attached hydrogen (secondary N) is 1. The van der Waals surface area contributed by atoms with Crippen molar-refractivity contribution in [3.63, 3.8) is 0 Å². The van der Waals surface area contributed by atoms with Gasteiger partial charge in [-0.15, -0.1) is 11.3 Å². The normalized spacial score (nSPS) is 18.8. The summed E-state index contributed by atoms with van der Waals surface area (Å²) in [5.74, 6) is 1.10. The van der Waals surface area contributed by atoms with E-state index in [0.717, 1.165) is 46.6 Å². The Bertz CT molecular complexity index is 872. The van der Waals surface area contributed by atoms with Crippen molar-refractivity contribution in [3.8, 4) is 16.2 Å². The molecule has 0 radical (unpaired) electrons. The molecule has 1 fully saturated rings. The lowest BCUT2D eigenvalue weighted by molar-refractivity contribution is -0.127. The predicted molar refractivity (Wildman–Crippen MR) is 103 cm³/mol. The lowest BCUT2D eigenvalue weighted by Gasteiger charge is -2.24. The summed E-state index contributed by atoms with van der Waals surface area (Å²) in [5.41, 5.74) is 2.04. The number of hydrogen-bond donors (Lipinski definition) is 1. The molecule has 0 saturated heterocycles. The summed E-state index contributed by atoms with van der Waals surface area (Å²) < 4.78 is 5.96. The van der Waals surface area contributed by atoms with Crippen LogP contribution in [0, 0.1) is 5.92 Å². The minimum Gasteiger partial charge on any atom is -0.486 e. The van der Waals surface area contributed by atoms with E-state index in [-0.39, 0.29) is 23.7 Å². The highest BCUT2D eigenvalue weighted by Crippen LogP contribution is 2.41. The fourth-order valence-electron chi connectivity index (χ4n) is 3.36. The highest BCUT2D eigenvalue weighted by Gasteiger charge is 2.29. The zero-order valence-electron chi connectivity index (χ0n) is 14.5. The third-order valence-corrected chi connectivity index (χ3v) is 6.59. The maximum absolute atomic E-state index is 12.0. The second-order valence-corrected chi connectivity index (χ2v) is 8.47. The molecule has 26 heavy (non-hydrogen) atoms. The minimum absolute atomic E-state index is 0.0686. The summed E-state index contributed by atoms with van der Waals surface area (Å²) in [6.07, 6.45) is 3.78. The molecule has 136 valence electrons. The van der Waals surface area contributed by atoms with Crippen LogP contribution in [0.3, 0.4) is 0 Å². The molecule has 1 aliphatic carbocycles. The molecule has 2 heterocycles. The van der Waals surface area contributed by atoms with Crippen LogP contribution in [0.5, 0.6) is 5.75 Å². The van der Waals surface area contributed by atoms with Gasteiger partial charge in [0.15, 0.2) is 5.78 Å². The molecule has 1 atom stereocenters. The number of Topliss-reactive ketones (excluding diaryl/α,β-unsaturated/α-hetero) is 1. The Hall–Kier alpha value is -1.85. The third kappa shape index (κ3) is 3.38. The van der Waals surface area contributed by atoms with Crippen LogP contribution >= 0.6 is 22.9 Å². The van der Waals surface area contributed by atoms with Crippen LogP contribution in [0.1, 0.15) is 41.4 Å². The topological polar surface area (TPSA) is 55.4 Å². The van der Waals surface area contributed by atoms with E-state index in [0.29, 0.717) is 17.3 Å². The molecule has 1 aliphatic heterocycles. The smallest absolute Gasteiger partial charge is 0.223 e. The Kier molecular flexibility index (Phi) is 4.76. The van der Waals surface area contributed by atoms with Gasteiger partial charge in [0.05, 0.1) is 16.4 Å². The number of benzene rings is 1. The fourth-order valence-corrected chi connectivity index (χ4v) is 4.53. The van der Waals surface area contributed by atoms with Crippen molar-refractivity contribution >= 4 is 34.6 Å². The van der Waals surface area contributed by atoms with E-state index in [1.807, 2.05) is 18.2 Å². The standard InChI is InChI=1S/C20H20ClNO3S/c1-11(23)17-5-6-18(26-17)13-7-14-8-15(25-19(14)16(21)9-13)10-22-20(24)12-3-2-4-12/h5-7,9,12,15H,2-4,8,10H2,1H3,(H,22,24). The van der Waals surface area contributed by atoms with Gasteiger partial charge in [-0.2, -0.15) is 0 Å². The summed E-state index contributed by atoms with van der Waals surface area (Å²) in [5, 5.41) is 3.57. The van der Waals surface area contributed by atoms with Crippen molar-refractivity contribution in [1.82, 2.24) is 5.32 Å². The second-order valence-electron chi connectivity index (χ2n) is 6.98. The summed E-state index contributed by atoms with van der Waals surface area (Å²) in [7, 11) is 0. The van der Waals surface area contributed by atoms with Crippen LogP contribution in [0.2, 0.25) is 5.02 Å². The van der Waals surface area contributed by atoms with E-state index in [1.165, 1.54) is 11.3 Å². The number of rotatable bonds is 5. The average Bonchev–Trinajstić information content (AvgIpc) is 3.18. The van der Waals surface area contributed by atoms with Crippen molar-refractivity contribution < 1.29 is 14.3 Å². The molecule has 0 bridgehead atoms. The Labute approximate surface area is 161 Å². The number of amides is 1. The molecular formula is C20H20ClNO3S. The van der Waals surface area contributed by atoms with Gasteiger partial charge in [-0.05, 0) is 49.6 Å². The van der Waals surface area contributed by atoms with Crippen molar-refractivity contribution in [1.29, 1.82) is 0 Å². The monoisotopic (exact) mass is 389 g/mol. The van der Waals surface area contributed by atoms with Gasteiger partial charge >= 0.3 is 0 Å². The Morgan fingerprint density at radius 1 is 1.31 bits per heavy atom. The molecule has 1 aromatic heterocycles. The van der Waals surface area contributed by atoms with Crippen molar-refractivity contribution in [2.24, 2.45) is 5.92 Å². The number of ether oxygens (including phenoxy) is 1. The van der Waals surface area contributed by atoms with Crippen LogP contribution in [-0.2, 0) is 11.2 Å². The number of carbonyl (C=O) groups excluding carboxylic acids is 2. The summed E-state index contributed by atoms with van der Waals surface area (Å²) in [6, 6.07) is 7.75. The van der Waals surface area contributed by atoms with Crippen molar-refractivity contribution in [2.45, 2.75) is 38.7 Å². The highest BCUT2D eigenvalue weighted by atomic mass is 35.5. The summed E-state index contributed by atoms with van der Waals surface area (Å²) >= 11 is 7.90. The van der Waals surface area contributed by atoms with Gasteiger partial charge in [-0.1, -0.05) is 18.0 Å². The van der Waals surface area contributed by atoms with Gasteiger partial charge < -0.3 is 10.1 Å². The van der Waals surface area contributed by atoms with Crippen LogP contribution < -0.4 is 10.1 Å². The maximum Gasteiger partial charge on any atom is 0.223 e. The third-order valence-electron chi connectivity index (χ3n) is 5.07.